The van der Waals surface area contributed by atoms with Crippen molar-refractivity contribution in [2.45, 2.75) is 13.3 Å². The van der Waals surface area contributed by atoms with Crippen LogP contribution in [0, 0.1) is 0 Å². The standard InChI is InChI=1S/C11H13BrN2O4/c1-3-13-10-6(4-7(12)11(17)14-10)8(15)5-9(16)18-2/h4H,3,5H2,1-2H3,(H2,13,14,17). The van der Waals surface area contributed by atoms with Crippen LogP contribution in [-0.2, 0) is 9.53 Å². The average molecular weight is 317 g/mol. The van der Waals surface area contributed by atoms with Crippen LogP contribution < -0.4 is 10.9 Å². The van der Waals surface area contributed by atoms with Gasteiger partial charge in [-0.2, -0.15) is 0 Å². The molecule has 0 amide bonds. The van der Waals surface area contributed by atoms with Gasteiger partial charge in [0.2, 0.25) is 0 Å². The number of esters is 1. The minimum atomic E-state index is -0.621. The van der Waals surface area contributed by atoms with Gasteiger partial charge in [-0.1, -0.05) is 0 Å². The molecule has 0 radical (unpaired) electrons. The van der Waals surface area contributed by atoms with E-state index >= 15 is 0 Å². The number of rotatable bonds is 5. The fraction of sp³-hybridized carbons (Fsp3) is 0.364. The van der Waals surface area contributed by atoms with Gasteiger partial charge in [-0.3, -0.25) is 14.4 Å². The van der Waals surface area contributed by atoms with Gasteiger partial charge < -0.3 is 15.0 Å². The Balaban J connectivity index is 3.13. The third kappa shape index (κ3) is 3.43. The largest absolute Gasteiger partial charge is 0.469 e. The fourth-order valence-electron chi connectivity index (χ4n) is 1.34. The zero-order chi connectivity index (χ0) is 13.7. The van der Waals surface area contributed by atoms with Gasteiger partial charge >= 0.3 is 5.97 Å². The molecule has 1 aromatic rings. The molecule has 6 nitrogen and oxygen atoms in total. The third-order valence-corrected chi connectivity index (χ3v) is 2.77. The summed E-state index contributed by atoms with van der Waals surface area (Å²) in [5.41, 5.74) is -0.103. The number of methoxy groups -OCH3 is 1. The number of anilines is 1. The molecule has 0 fully saturated rings. The van der Waals surface area contributed by atoms with Crippen LogP contribution in [-0.4, -0.2) is 30.4 Å². The van der Waals surface area contributed by atoms with Gasteiger partial charge in [0.05, 0.1) is 17.1 Å². The Hall–Kier alpha value is -1.63. The Kier molecular flexibility index (Phi) is 5.08. The number of hydrogen-bond acceptors (Lipinski definition) is 5. The first kappa shape index (κ1) is 14.4. The molecule has 0 saturated carbocycles. The molecule has 1 rings (SSSR count). The summed E-state index contributed by atoms with van der Waals surface area (Å²) >= 11 is 3.04. The van der Waals surface area contributed by atoms with Gasteiger partial charge in [0.1, 0.15) is 12.2 Å². The first-order valence-corrected chi connectivity index (χ1v) is 6.05. The van der Waals surface area contributed by atoms with Gasteiger partial charge in [0.25, 0.3) is 5.56 Å². The van der Waals surface area contributed by atoms with Crippen LogP contribution in [0.5, 0.6) is 0 Å². The average Bonchev–Trinajstić information content (AvgIpc) is 2.33. The molecule has 0 atom stereocenters. The van der Waals surface area contributed by atoms with Crippen molar-refractivity contribution in [2.24, 2.45) is 0 Å². The van der Waals surface area contributed by atoms with Crippen LogP contribution in [0.15, 0.2) is 15.3 Å². The van der Waals surface area contributed by atoms with E-state index in [0.29, 0.717) is 12.4 Å². The summed E-state index contributed by atoms with van der Waals surface area (Å²) in [6.45, 7) is 2.37. The first-order valence-electron chi connectivity index (χ1n) is 5.26. The van der Waals surface area contributed by atoms with Crippen molar-refractivity contribution in [3.05, 3.63) is 26.5 Å². The van der Waals surface area contributed by atoms with E-state index in [4.69, 9.17) is 0 Å². The van der Waals surface area contributed by atoms with Crippen LogP contribution in [0.2, 0.25) is 0 Å². The van der Waals surface area contributed by atoms with Crippen LogP contribution >= 0.6 is 15.9 Å². The van der Waals surface area contributed by atoms with Gasteiger partial charge in [0, 0.05) is 6.54 Å². The highest BCUT2D eigenvalue weighted by molar-refractivity contribution is 9.10. The zero-order valence-corrected chi connectivity index (χ0v) is 11.6. The molecule has 0 aliphatic rings. The van der Waals surface area contributed by atoms with Crippen molar-refractivity contribution in [1.82, 2.24) is 4.98 Å². The molecule has 0 saturated heterocycles. The minimum Gasteiger partial charge on any atom is -0.469 e. The van der Waals surface area contributed by atoms with Gasteiger partial charge in [0.15, 0.2) is 5.78 Å². The van der Waals surface area contributed by atoms with Gasteiger partial charge in [-0.05, 0) is 28.9 Å². The highest BCUT2D eigenvalue weighted by atomic mass is 79.9. The minimum absolute atomic E-state index is 0.234. The second-order valence-corrected chi connectivity index (χ2v) is 4.30. The highest BCUT2D eigenvalue weighted by Gasteiger charge is 2.17. The molecule has 2 N–H and O–H groups in total. The number of ether oxygens (including phenoxy) is 1. The van der Waals surface area contributed by atoms with Gasteiger partial charge in [-0.15, -0.1) is 0 Å². The third-order valence-electron chi connectivity index (χ3n) is 2.18. The summed E-state index contributed by atoms with van der Waals surface area (Å²) in [6.07, 6.45) is -0.368. The Labute approximate surface area is 112 Å². The Morgan fingerprint density at radius 2 is 2.17 bits per heavy atom. The fourth-order valence-corrected chi connectivity index (χ4v) is 1.67. The quantitative estimate of drug-likeness (QED) is 0.486. The summed E-state index contributed by atoms with van der Waals surface area (Å²) in [7, 11) is 1.21. The van der Waals surface area contributed by atoms with E-state index in [-0.39, 0.29) is 22.0 Å². The summed E-state index contributed by atoms with van der Waals surface area (Å²) in [5, 5.41) is 2.87. The van der Waals surface area contributed by atoms with Crippen molar-refractivity contribution in [1.29, 1.82) is 0 Å². The lowest BCUT2D eigenvalue weighted by atomic mass is 10.1. The lowest BCUT2D eigenvalue weighted by Gasteiger charge is -2.09. The zero-order valence-electron chi connectivity index (χ0n) is 10.0. The number of ketones is 1. The van der Waals surface area contributed by atoms with Crippen LogP contribution in [0.3, 0.4) is 0 Å². The Bertz CT molecular complexity index is 524. The molecule has 1 aromatic heterocycles. The first-order chi connectivity index (χ1) is 8.49. The summed E-state index contributed by atoms with van der Waals surface area (Å²) in [4.78, 5) is 36.9. The van der Waals surface area contributed by atoms with Crippen molar-refractivity contribution < 1.29 is 14.3 Å². The summed E-state index contributed by atoms with van der Waals surface area (Å²) < 4.78 is 4.67. The van der Waals surface area contributed by atoms with Crippen LogP contribution in [0.1, 0.15) is 23.7 Å². The molecule has 1 heterocycles. The van der Waals surface area contributed by atoms with Crippen molar-refractivity contribution >= 4 is 33.5 Å². The number of H-pyrrole nitrogens is 1. The van der Waals surface area contributed by atoms with E-state index in [1.165, 1.54) is 13.2 Å². The second kappa shape index (κ2) is 6.34. The molecule has 0 aliphatic heterocycles. The van der Waals surface area contributed by atoms with Crippen molar-refractivity contribution in [2.75, 3.05) is 19.0 Å². The van der Waals surface area contributed by atoms with Gasteiger partial charge in [-0.25, -0.2) is 0 Å². The number of Topliss-reactive ketones (excluding diaryl/α,β-unsaturated/α-hetero) is 1. The maximum Gasteiger partial charge on any atom is 0.313 e. The van der Waals surface area contributed by atoms with Crippen LogP contribution in [0.4, 0.5) is 5.82 Å². The molecule has 98 valence electrons. The number of aromatic nitrogens is 1. The van der Waals surface area contributed by atoms with E-state index in [1.54, 1.807) is 0 Å². The monoisotopic (exact) mass is 316 g/mol. The Morgan fingerprint density at radius 1 is 1.50 bits per heavy atom. The highest BCUT2D eigenvalue weighted by Crippen LogP contribution is 2.17. The molecule has 0 spiro atoms. The van der Waals surface area contributed by atoms with Crippen LogP contribution in [0.25, 0.3) is 0 Å². The van der Waals surface area contributed by atoms with E-state index in [9.17, 15) is 14.4 Å². The molecule has 0 aromatic carbocycles. The molecule has 18 heavy (non-hydrogen) atoms. The summed E-state index contributed by atoms with van der Waals surface area (Å²) in [5.74, 6) is -0.737. The normalized spacial score (nSPS) is 9.94. The van der Waals surface area contributed by atoms with E-state index in [0.717, 1.165) is 0 Å². The predicted molar refractivity (Wildman–Crippen MR) is 69.9 cm³/mol. The predicted octanol–water partition coefficient (Wildman–Crippen LogP) is 1.31. The lowest BCUT2D eigenvalue weighted by molar-refractivity contribution is -0.139. The van der Waals surface area contributed by atoms with E-state index < -0.39 is 11.8 Å². The molecule has 0 unspecified atom stereocenters. The maximum atomic E-state index is 11.9. The SMILES string of the molecule is CCNc1[nH]c(=O)c(Br)cc1C(=O)CC(=O)OC. The number of pyridine rings is 1. The molecular weight excluding hydrogens is 304 g/mol. The molecule has 7 heteroatoms. The number of carbonyl (C=O) groups excluding carboxylic acids is 2. The Morgan fingerprint density at radius 3 is 2.72 bits per heavy atom. The molecular formula is C11H13BrN2O4. The van der Waals surface area contributed by atoms with Crippen molar-refractivity contribution in [3.8, 4) is 0 Å². The summed E-state index contributed by atoms with van der Waals surface area (Å²) in [6, 6.07) is 1.39. The smallest absolute Gasteiger partial charge is 0.313 e. The lowest BCUT2D eigenvalue weighted by Crippen LogP contribution is -2.18. The molecule has 0 aliphatic carbocycles. The topological polar surface area (TPSA) is 88.3 Å². The number of hydrogen-bond donors (Lipinski definition) is 2. The number of carbonyl (C=O) groups is 2. The van der Waals surface area contributed by atoms with Crippen molar-refractivity contribution in [3.63, 3.8) is 0 Å². The number of aromatic amines is 1. The number of nitrogens with one attached hydrogen (secondary N) is 2. The van der Waals surface area contributed by atoms with E-state index in [1.807, 2.05) is 6.92 Å². The molecule has 0 bridgehead atoms. The second-order valence-electron chi connectivity index (χ2n) is 3.44. The maximum absolute atomic E-state index is 11.9. The van der Waals surface area contributed by atoms with E-state index in [2.05, 4.69) is 31.0 Å². The number of halogens is 1.